The van der Waals surface area contributed by atoms with E-state index in [1.165, 1.54) is 11.3 Å². The molecule has 11 heteroatoms. The number of hydrogen-bond donors (Lipinski definition) is 4. The van der Waals surface area contributed by atoms with Gasteiger partial charge in [0.05, 0.1) is 25.1 Å². The maximum atomic E-state index is 12.9. The number of carbonyl (C=O) groups is 3. The van der Waals surface area contributed by atoms with Crippen molar-refractivity contribution in [1.82, 2.24) is 20.9 Å². The number of aromatic nitrogens is 1. The smallest absolute Gasteiger partial charge is 0.271 e. The monoisotopic (exact) mass is 486 g/mol. The number of nitrogens with zero attached hydrogens (tertiary/aromatic N) is 1. The third kappa shape index (κ3) is 7.54. The van der Waals surface area contributed by atoms with Gasteiger partial charge in [0.2, 0.25) is 11.8 Å². The number of aliphatic hydroxyl groups is 1. The van der Waals surface area contributed by atoms with Crippen LogP contribution in [0, 0.1) is 5.92 Å². The van der Waals surface area contributed by atoms with Crippen LogP contribution < -0.4 is 16.0 Å². The molecule has 0 spiro atoms. The van der Waals surface area contributed by atoms with Gasteiger partial charge in [-0.15, -0.1) is 22.9 Å². The van der Waals surface area contributed by atoms with Crippen molar-refractivity contribution in [3.8, 4) is 0 Å². The quantitative estimate of drug-likeness (QED) is 0.378. The van der Waals surface area contributed by atoms with Crippen LogP contribution in [0.5, 0.6) is 0 Å². The molecule has 2 heterocycles. The highest BCUT2D eigenvalue weighted by Crippen LogP contribution is 2.17. The predicted octanol–water partition coefficient (Wildman–Crippen LogP) is 1.70. The van der Waals surface area contributed by atoms with Crippen LogP contribution in [0.2, 0.25) is 0 Å². The number of hydrogen-bond acceptors (Lipinski definition) is 7. The highest BCUT2D eigenvalue weighted by Gasteiger charge is 2.35. The molecule has 0 aliphatic carbocycles. The van der Waals surface area contributed by atoms with Gasteiger partial charge in [-0.1, -0.05) is 26.0 Å². The van der Waals surface area contributed by atoms with Gasteiger partial charge < -0.3 is 25.8 Å². The van der Waals surface area contributed by atoms with Crippen molar-refractivity contribution in [2.75, 3.05) is 5.88 Å². The van der Waals surface area contributed by atoms with Crippen LogP contribution >= 0.6 is 22.9 Å². The SMILES string of the molecule is CC(C)[C@@H]1NC(=O)C(C)(C)NC(=O)c2csc(n2)CNC(=O)C[C@@H](/C=C/CCCl)OC1O. The van der Waals surface area contributed by atoms with Crippen molar-refractivity contribution >= 4 is 40.7 Å². The van der Waals surface area contributed by atoms with Crippen LogP contribution in [0.3, 0.4) is 0 Å². The van der Waals surface area contributed by atoms with Gasteiger partial charge in [-0.25, -0.2) is 4.98 Å². The third-order valence-corrected chi connectivity index (χ3v) is 5.93. The average molecular weight is 487 g/mol. The fraction of sp³-hybridized carbons (Fsp3) is 0.619. The number of nitrogens with one attached hydrogen (secondary N) is 3. The second-order valence-electron chi connectivity index (χ2n) is 8.40. The van der Waals surface area contributed by atoms with Crippen LogP contribution in [-0.2, 0) is 20.9 Å². The zero-order valence-electron chi connectivity index (χ0n) is 18.7. The zero-order valence-corrected chi connectivity index (χ0v) is 20.3. The topological polar surface area (TPSA) is 130 Å². The molecule has 3 amide bonds. The molecule has 0 radical (unpaired) electrons. The average Bonchev–Trinajstić information content (AvgIpc) is 3.18. The fourth-order valence-corrected chi connectivity index (χ4v) is 3.81. The van der Waals surface area contributed by atoms with Crippen LogP contribution in [0.15, 0.2) is 17.5 Å². The van der Waals surface area contributed by atoms with E-state index in [0.717, 1.165) is 0 Å². The van der Waals surface area contributed by atoms with Crippen LogP contribution in [0.1, 0.15) is 56.0 Å². The lowest BCUT2D eigenvalue weighted by atomic mass is 9.99. The number of thiazole rings is 1. The number of alkyl halides is 1. The van der Waals surface area contributed by atoms with E-state index in [9.17, 15) is 19.5 Å². The van der Waals surface area contributed by atoms with E-state index in [4.69, 9.17) is 16.3 Å². The number of amides is 3. The van der Waals surface area contributed by atoms with Gasteiger partial charge in [-0.3, -0.25) is 14.4 Å². The van der Waals surface area contributed by atoms with Gasteiger partial charge in [-0.2, -0.15) is 0 Å². The second-order valence-corrected chi connectivity index (χ2v) is 9.72. The zero-order chi connectivity index (χ0) is 23.9. The Morgan fingerprint density at radius 3 is 2.75 bits per heavy atom. The maximum absolute atomic E-state index is 12.9. The summed E-state index contributed by atoms with van der Waals surface area (Å²) in [5, 5.41) is 21.1. The van der Waals surface area contributed by atoms with E-state index in [2.05, 4.69) is 20.9 Å². The summed E-state index contributed by atoms with van der Waals surface area (Å²) in [6.07, 6.45) is 1.90. The molecule has 0 saturated heterocycles. The summed E-state index contributed by atoms with van der Waals surface area (Å²) in [6.45, 7) is 6.93. The Morgan fingerprint density at radius 2 is 2.09 bits per heavy atom. The molecule has 2 bridgehead atoms. The molecule has 0 aromatic carbocycles. The molecule has 1 aliphatic rings. The molecule has 0 saturated carbocycles. The van der Waals surface area contributed by atoms with Crippen LogP contribution in [-0.4, -0.2) is 57.7 Å². The summed E-state index contributed by atoms with van der Waals surface area (Å²) in [4.78, 5) is 42.2. The Labute approximate surface area is 197 Å². The lowest BCUT2D eigenvalue weighted by Crippen LogP contribution is -2.60. The van der Waals surface area contributed by atoms with E-state index in [-0.39, 0.29) is 30.5 Å². The molecule has 9 nitrogen and oxygen atoms in total. The first-order valence-corrected chi connectivity index (χ1v) is 11.9. The number of fused-ring (bicyclic) bond motifs is 2. The molecule has 1 aliphatic heterocycles. The highest BCUT2D eigenvalue weighted by molar-refractivity contribution is 7.09. The first-order valence-electron chi connectivity index (χ1n) is 10.4. The lowest BCUT2D eigenvalue weighted by molar-refractivity contribution is -0.159. The molecule has 2 rings (SSSR count). The molecule has 1 aromatic rings. The summed E-state index contributed by atoms with van der Waals surface area (Å²) < 4.78 is 5.76. The van der Waals surface area contributed by atoms with Crippen LogP contribution in [0.4, 0.5) is 0 Å². The van der Waals surface area contributed by atoms with Gasteiger partial charge in [0.25, 0.3) is 5.91 Å². The number of ether oxygens (including phenoxy) is 1. The predicted molar refractivity (Wildman–Crippen MR) is 122 cm³/mol. The number of allylic oxidation sites excluding steroid dienone is 1. The van der Waals surface area contributed by atoms with Crippen molar-refractivity contribution in [1.29, 1.82) is 0 Å². The summed E-state index contributed by atoms with van der Waals surface area (Å²) in [5.41, 5.74) is -1.10. The largest absolute Gasteiger partial charge is 0.366 e. The van der Waals surface area contributed by atoms with Gasteiger partial charge in [0.15, 0.2) is 6.29 Å². The summed E-state index contributed by atoms with van der Waals surface area (Å²) in [7, 11) is 0. The van der Waals surface area contributed by atoms with Crippen molar-refractivity contribution in [2.45, 2.75) is 71.1 Å². The van der Waals surface area contributed by atoms with Crippen molar-refractivity contribution in [2.24, 2.45) is 5.92 Å². The molecule has 178 valence electrons. The minimum atomic E-state index is -1.38. The number of rotatable bonds is 4. The molecular formula is C21H31ClN4O5S. The van der Waals surface area contributed by atoms with Gasteiger partial charge in [0.1, 0.15) is 16.2 Å². The Morgan fingerprint density at radius 1 is 1.38 bits per heavy atom. The van der Waals surface area contributed by atoms with Crippen molar-refractivity contribution < 1.29 is 24.2 Å². The summed E-state index contributed by atoms with van der Waals surface area (Å²) in [5.74, 6) is -1.08. The van der Waals surface area contributed by atoms with E-state index in [1.807, 2.05) is 13.8 Å². The minimum Gasteiger partial charge on any atom is -0.366 e. The second kappa shape index (κ2) is 11.7. The Bertz CT molecular complexity index is 842. The van der Waals surface area contributed by atoms with E-state index >= 15 is 0 Å². The molecule has 4 N–H and O–H groups in total. The lowest BCUT2D eigenvalue weighted by Gasteiger charge is -2.33. The Kier molecular flexibility index (Phi) is 9.63. The Balaban J connectivity index is 2.34. The molecule has 3 atom stereocenters. The standard InChI is InChI=1S/C21H31ClN4O5S/c1-12(2)17-19(29)31-13(7-5-6-8-22)9-15(27)23-10-16-24-14(11-32-16)18(28)26-21(3,4)20(30)25-17/h5,7,11-13,17,19,29H,6,8-10H2,1-4H3,(H,23,27)(H,25,30)(H,26,28)/b7-5+/t13-,17+,19?/m1/s1. The first-order chi connectivity index (χ1) is 15.0. The van der Waals surface area contributed by atoms with Crippen LogP contribution in [0.25, 0.3) is 0 Å². The first kappa shape index (κ1) is 26.2. The molecule has 1 unspecified atom stereocenters. The molecule has 0 fully saturated rings. The van der Waals surface area contributed by atoms with Crippen molar-refractivity contribution in [3.63, 3.8) is 0 Å². The van der Waals surface area contributed by atoms with E-state index < -0.39 is 35.8 Å². The van der Waals surface area contributed by atoms with Gasteiger partial charge in [0, 0.05) is 11.3 Å². The van der Waals surface area contributed by atoms with Gasteiger partial charge >= 0.3 is 0 Å². The highest BCUT2D eigenvalue weighted by atomic mass is 35.5. The fourth-order valence-electron chi connectivity index (χ4n) is 2.97. The molecular weight excluding hydrogens is 456 g/mol. The maximum Gasteiger partial charge on any atom is 0.271 e. The van der Waals surface area contributed by atoms with E-state index in [0.29, 0.717) is 17.3 Å². The number of carbonyl (C=O) groups excluding carboxylic acids is 3. The third-order valence-electron chi connectivity index (χ3n) is 4.87. The number of aliphatic hydroxyl groups excluding tert-OH is 1. The minimum absolute atomic E-state index is 0.0428. The normalized spacial score (nSPS) is 25.5. The summed E-state index contributed by atoms with van der Waals surface area (Å²) >= 11 is 6.95. The van der Waals surface area contributed by atoms with Gasteiger partial charge in [-0.05, 0) is 26.2 Å². The van der Waals surface area contributed by atoms with Crippen molar-refractivity contribution in [3.05, 3.63) is 28.2 Å². The Hall–Kier alpha value is -2.01. The van der Waals surface area contributed by atoms with E-state index in [1.54, 1.807) is 31.4 Å². The molecule has 1 aromatic heterocycles. The number of halogens is 1. The summed E-state index contributed by atoms with van der Waals surface area (Å²) in [6, 6.07) is -0.774. The molecule has 32 heavy (non-hydrogen) atoms.